The quantitative estimate of drug-likeness (QED) is 0.350. The van der Waals surface area contributed by atoms with Crippen molar-refractivity contribution < 1.29 is 30.5 Å². The smallest absolute Gasteiger partial charge is 0.310 e. The summed E-state index contributed by atoms with van der Waals surface area (Å²) < 4.78 is 61.3. The molecule has 3 heterocycles. The van der Waals surface area contributed by atoms with Crippen LogP contribution in [0.3, 0.4) is 0 Å². The molecule has 2 fully saturated rings. The van der Waals surface area contributed by atoms with Crippen LogP contribution in [0, 0.1) is 5.41 Å². The van der Waals surface area contributed by atoms with Gasteiger partial charge in [-0.25, -0.2) is 13.2 Å². The molecule has 2 atom stereocenters. The topological polar surface area (TPSA) is 157 Å². The zero-order valence-electron chi connectivity index (χ0n) is 12.5. The predicted molar refractivity (Wildman–Crippen MR) is 85.8 cm³/mol. The standard InChI is InChI=1S/C11H14N4O7S3/c12-10(13-24(17,18)9-2-1-5-23-9)8-4-3-7-6-14(8)11(16)15(7)22-25(19,20)21/h1-2,5,7-8H,3-4,6H2,(H2,12,13)(H,19,20,21). The van der Waals surface area contributed by atoms with Gasteiger partial charge in [0.2, 0.25) is 0 Å². The molecule has 0 aromatic carbocycles. The van der Waals surface area contributed by atoms with Crippen LogP contribution in [-0.2, 0) is 24.7 Å². The first-order valence-corrected chi connectivity index (χ1v) is 10.7. The number of fused-ring (bicyclic) bond motifs is 2. The summed E-state index contributed by atoms with van der Waals surface area (Å²) in [5.41, 5.74) is 0. The van der Waals surface area contributed by atoms with Crippen LogP contribution in [0.25, 0.3) is 0 Å². The molecule has 2 amide bonds. The van der Waals surface area contributed by atoms with Gasteiger partial charge in [0, 0.05) is 6.54 Å². The van der Waals surface area contributed by atoms with Crippen molar-refractivity contribution in [2.75, 3.05) is 6.54 Å². The highest BCUT2D eigenvalue weighted by atomic mass is 32.3. The first kappa shape index (κ1) is 18.1. The minimum absolute atomic E-state index is 0.0371. The Morgan fingerprint density at radius 2 is 2.08 bits per heavy atom. The number of hydroxylamine groups is 2. The lowest BCUT2D eigenvalue weighted by Gasteiger charge is -2.30. The fraction of sp³-hybridized carbons (Fsp3) is 0.455. The Hall–Kier alpha value is -1.74. The van der Waals surface area contributed by atoms with Gasteiger partial charge < -0.3 is 4.90 Å². The van der Waals surface area contributed by atoms with Crippen molar-refractivity contribution >= 4 is 43.6 Å². The predicted octanol–water partition coefficient (Wildman–Crippen LogP) is 0.00667. The minimum Gasteiger partial charge on any atom is -0.310 e. The molecule has 0 spiro atoms. The third kappa shape index (κ3) is 3.62. The van der Waals surface area contributed by atoms with Crippen LogP contribution < -0.4 is 4.72 Å². The summed E-state index contributed by atoms with van der Waals surface area (Å²) in [4.78, 5) is 13.4. The summed E-state index contributed by atoms with van der Waals surface area (Å²) >= 11 is 0.990. The second-order valence-corrected chi connectivity index (χ2v) is 9.32. The lowest BCUT2D eigenvalue weighted by molar-refractivity contribution is -0.0316. The fourth-order valence-electron chi connectivity index (χ4n) is 2.81. The monoisotopic (exact) mass is 410 g/mol. The molecule has 11 nitrogen and oxygen atoms in total. The van der Waals surface area contributed by atoms with Crippen LogP contribution in [0.5, 0.6) is 0 Å². The molecule has 2 unspecified atom stereocenters. The molecule has 2 aliphatic rings. The number of urea groups is 1. The van der Waals surface area contributed by atoms with Crippen LogP contribution in [0.15, 0.2) is 21.7 Å². The Morgan fingerprint density at radius 3 is 2.68 bits per heavy atom. The normalized spacial score (nSPS) is 23.8. The van der Waals surface area contributed by atoms with Crippen molar-refractivity contribution in [1.29, 1.82) is 5.41 Å². The van der Waals surface area contributed by atoms with Gasteiger partial charge in [0.15, 0.2) is 0 Å². The van der Waals surface area contributed by atoms with E-state index in [0.717, 1.165) is 16.2 Å². The number of thiophene rings is 1. The van der Waals surface area contributed by atoms with Gasteiger partial charge in [0.05, 0.1) is 12.1 Å². The summed E-state index contributed by atoms with van der Waals surface area (Å²) in [5, 5.41) is 10.1. The van der Waals surface area contributed by atoms with E-state index >= 15 is 0 Å². The molecule has 0 aliphatic carbocycles. The molecular weight excluding hydrogens is 396 g/mol. The molecular formula is C11H14N4O7S3. The third-order valence-electron chi connectivity index (χ3n) is 3.83. The SMILES string of the molecule is N=C(NS(=O)(=O)c1cccs1)C1CCC2CN1C(=O)N2OS(=O)(=O)O. The van der Waals surface area contributed by atoms with Gasteiger partial charge >= 0.3 is 16.4 Å². The van der Waals surface area contributed by atoms with Crippen molar-refractivity contribution in [3.63, 3.8) is 0 Å². The number of rotatable bonds is 5. The molecule has 138 valence electrons. The highest BCUT2D eigenvalue weighted by Crippen LogP contribution is 2.31. The van der Waals surface area contributed by atoms with Crippen molar-refractivity contribution in [2.24, 2.45) is 0 Å². The number of piperidine rings is 1. The van der Waals surface area contributed by atoms with E-state index in [1.165, 1.54) is 6.07 Å². The Balaban J connectivity index is 1.75. The summed E-state index contributed by atoms with van der Waals surface area (Å²) in [6, 6.07) is 0.619. The van der Waals surface area contributed by atoms with E-state index in [1.807, 2.05) is 0 Å². The number of hydrogen-bond acceptors (Lipinski definition) is 8. The average Bonchev–Trinajstić information content (AvgIpc) is 3.11. The van der Waals surface area contributed by atoms with Gasteiger partial charge in [-0.2, -0.15) is 13.5 Å². The Bertz CT molecular complexity index is 896. The number of carbonyl (C=O) groups excluding carboxylic acids is 1. The van der Waals surface area contributed by atoms with E-state index in [9.17, 15) is 21.6 Å². The lowest BCUT2D eigenvalue weighted by atomic mass is 10.0. The number of nitrogens with zero attached hydrogens (tertiary/aromatic N) is 2. The van der Waals surface area contributed by atoms with Crippen molar-refractivity contribution in [2.45, 2.75) is 29.1 Å². The zero-order chi connectivity index (χ0) is 18.4. The van der Waals surface area contributed by atoms with E-state index in [0.29, 0.717) is 5.06 Å². The number of amides is 2. The van der Waals surface area contributed by atoms with Gasteiger partial charge in [0.1, 0.15) is 10.0 Å². The van der Waals surface area contributed by atoms with E-state index in [4.69, 9.17) is 9.96 Å². The highest BCUT2D eigenvalue weighted by Gasteiger charge is 2.48. The van der Waals surface area contributed by atoms with Gasteiger partial charge in [-0.15, -0.1) is 15.6 Å². The Morgan fingerprint density at radius 1 is 1.36 bits per heavy atom. The molecule has 25 heavy (non-hydrogen) atoms. The molecule has 1 aromatic rings. The molecule has 0 saturated carbocycles. The van der Waals surface area contributed by atoms with Crippen LogP contribution >= 0.6 is 11.3 Å². The first-order chi connectivity index (χ1) is 11.6. The number of carbonyl (C=O) groups is 1. The maximum absolute atomic E-state index is 12.3. The van der Waals surface area contributed by atoms with Crippen molar-refractivity contribution in [3.8, 4) is 0 Å². The number of hydrogen-bond donors (Lipinski definition) is 3. The van der Waals surface area contributed by atoms with Crippen molar-refractivity contribution in [3.05, 3.63) is 17.5 Å². The van der Waals surface area contributed by atoms with Gasteiger partial charge in [-0.3, -0.25) is 14.7 Å². The van der Waals surface area contributed by atoms with E-state index < -0.39 is 44.4 Å². The number of amidine groups is 1. The second-order valence-electron chi connectivity index (χ2n) is 5.46. The minimum atomic E-state index is -4.86. The molecule has 14 heteroatoms. The van der Waals surface area contributed by atoms with E-state index in [-0.39, 0.29) is 23.6 Å². The zero-order valence-corrected chi connectivity index (χ0v) is 15.0. The largest absolute Gasteiger partial charge is 0.418 e. The molecule has 2 bridgehead atoms. The summed E-state index contributed by atoms with van der Waals surface area (Å²) in [6.07, 6.45) is 0.527. The molecule has 2 saturated heterocycles. The van der Waals surface area contributed by atoms with Gasteiger partial charge in [0.25, 0.3) is 10.0 Å². The van der Waals surface area contributed by atoms with Crippen molar-refractivity contribution in [1.82, 2.24) is 14.7 Å². The van der Waals surface area contributed by atoms with Crippen LogP contribution in [-0.4, -0.2) is 61.8 Å². The van der Waals surface area contributed by atoms with Crippen LogP contribution in [0.2, 0.25) is 0 Å². The molecule has 1 aromatic heterocycles. The van der Waals surface area contributed by atoms with E-state index in [2.05, 4.69) is 9.01 Å². The van der Waals surface area contributed by atoms with Gasteiger partial charge in [-0.05, 0) is 24.3 Å². The first-order valence-electron chi connectivity index (χ1n) is 7.00. The molecule has 2 aliphatic heterocycles. The summed E-state index contributed by atoms with van der Waals surface area (Å²) in [7, 11) is -8.78. The maximum Gasteiger partial charge on any atom is 0.418 e. The van der Waals surface area contributed by atoms with E-state index in [1.54, 1.807) is 11.4 Å². The lowest BCUT2D eigenvalue weighted by Crippen LogP contribution is -2.50. The average molecular weight is 410 g/mol. The number of nitrogens with one attached hydrogen (secondary N) is 2. The second kappa shape index (κ2) is 6.21. The molecule has 0 radical (unpaired) electrons. The fourth-order valence-corrected chi connectivity index (χ4v) is 5.23. The van der Waals surface area contributed by atoms with Crippen LogP contribution in [0.4, 0.5) is 4.79 Å². The van der Waals surface area contributed by atoms with Crippen LogP contribution in [0.1, 0.15) is 12.8 Å². The summed E-state index contributed by atoms with van der Waals surface area (Å²) in [5.74, 6) is -0.395. The Labute approximate surface area is 147 Å². The van der Waals surface area contributed by atoms with Gasteiger partial charge in [-0.1, -0.05) is 6.07 Å². The Kier molecular flexibility index (Phi) is 4.48. The third-order valence-corrected chi connectivity index (χ3v) is 6.95. The molecule has 3 rings (SSSR count). The summed E-state index contributed by atoms with van der Waals surface area (Å²) in [6.45, 7) is 0.0577. The highest BCUT2D eigenvalue weighted by molar-refractivity contribution is 7.92. The number of sulfonamides is 1. The maximum atomic E-state index is 12.3. The molecule has 3 N–H and O–H groups in total.